The molecule has 0 radical (unpaired) electrons. The molecule has 1 aromatic heterocycles. The number of rotatable bonds is 6. The molecule has 7 nitrogen and oxygen atoms in total. The average molecular weight is 711 g/mol. The molecule has 1 aliphatic rings. The van der Waals surface area contributed by atoms with Gasteiger partial charge in [-0.25, -0.2) is 9.79 Å². The van der Waals surface area contributed by atoms with Gasteiger partial charge in [0, 0.05) is 0 Å². The molecule has 0 fully saturated rings. The Hall–Kier alpha value is -2.50. The van der Waals surface area contributed by atoms with Gasteiger partial charge in [-0.05, 0) is 80.9 Å². The minimum atomic E-state index is -0.626. The number of carbonyl (C=O) groups excluding carboxylic acids is 1. The number of nitriles is 1. The van der Waals surface area contributed by atoms with Crippen molar-refractivity contribution in [1.29, 1.82) is 5.26 Å². The summed E-state index contributed by atoms with van der Waals surface area (Å²) in [6.07, 6.45) is 2.34. The number of hydrogen-bond donors (Lipinski definition) is 0. The standard InChI is InChI=1S/C25H19I2N3O4S/c1-3-18-20(24(32)33-2)21(15-7-5-4-6-8-15)30-23(31)19(35-25(30)29-18)13-14-11-16(26)22(17(27)12-14)34-10-9-28/h4-8,11-13,21H,3,10H2,1-2H3/b19-13-/t21-/m1/s1. The summed E-state index contributed by atoms with van der Waals surface area (Å²) >= 11 is 5.60. The number of ether oxygens (including phenoxy) is 2. The van der Waals surface area contributed by atoms with Crippen LogP contribution in [0.15, 0.2) is 63.5 Å². The number of thiazole rings is 1. The van der Waals surface area contributed by atoms with Gasteiger partial charge in [-0.1, -0.05) is 48.6 Å². The lowest BCUT2D eigenvalue weighted by atomic mass is 9.95. The molecule has 1 atom stereocenters. The van der Waals surface area contributed by atoms with Crippen LogP contribution in [0.1, 0.15) is 30.5 Å². The van der Waals surface area contributed by atoms with E-state index in [4.69, 9.17) is 14.7 Å². The van der Waals surface area contributed by atoms with Crippen molar-refractivity contribution in [3.63, 3.8) is 0 Å². The van der Waals surface area contributed by atoms with Crippen LogP contribution in [0.4, 0.5) is 0 Å². The monoisotopic (exact) mass is 711 g/mol. The molecule has 2 aromatic carbocycles. The summed E-state index contributed by atoms with van der Waals surface area (Å²) in [6.45, 7) is 1.89. The number of benzene rings is 2. The van der Waals surface area contributed by atoms with Gasteiger partial charge < -0.3 is 9.47 Å². The van der Waals surface area contributed by atoms with E-state index in [1.807, 2.05) is 61.5 Å². The summed E-state index contributed by atoms with van der Waals surface area (Å²) in [6, 6.07) is 14.6. The molecular weight excluding hydrogens is 692 g/mol. The normalized spacial score (nSPS) is 15.3. The Morgan fingerprint density at radius 2 is 1.94 bits per heavy atom. The molecule has 0 amide bonds. The lowest BCUT2D eigenvalue weighted by Gasteiger charge is -2.25. The number of fused-ring (bicyclic) bond motifs is 1. The first-order valence-electron chi connectivity index (χ1n) is 10.6. The maximum Gasteiger partial charge on any atom is 0.338 e. The van der Waals surface area contributed by atoms with Gasteiger partial charge in [0.05, 0.1) is 36.1 Å². The molecule has 0 saturated heterocycles. The SMILES string of the molecule is CCC1=C(C(=O)OC)[C@@H](c2ccccc2)n2c(s/c(=C\c3cc(I)c(OCC#N)c(I)c3)c2=O)=N1. The highest BCUT2D eigenvalue weighted by Gasteiger charge is 2.33. The highest BCUT2D eigenvalue weighted by Crippen LogP contribution is 2.32. The molecule has 178 valence electrons. The molecule has 4 rings (SSSR count). The Bertz CT molecular complexity index is 1530. The average Bonchev–Trinajstić information content (AvgIpc) is 3.16. The second kappa shape index (κ2) is 11.0. The second-order valence-electron chi connectivity index (χ2n) is 7.46. The topological polar surface area (TPSA) is 93.7 Å². The first-order valence-corrected chi connectivity index (χ1v) is 13.5. The van der Waals surface area contributed by atoms with E-state index in [1.165, 1.54) is 18.4 Å². The van der Waals surface area contributed by atoms with E-state index in [2.05, 4.69) is 50.2 Å². The van der Waals surface area contributed by atoms with Gasteiger partial charge in [0.15, 0.2) is 11.4 Å². The molecule has 1 aliphatic heterocycles. The van der Waals surface area contributed by atoms with Gasteiger partial charge in [-0.2, -0.15) is 5.26 Å². The zero-order valence-corrected chi connectivity index (χ0v) is 23.9. The van der Waals surface area contributed by atoms with Crippen LogP contribution >= 0.6 is 56.5 Å². The van der Waals surface area contributed by atoms with E-state index in [9.17, 15) is 9.59 Å². The Labute approximate surface area is 232 Å². The zero-order valence-electron chi connectivity index (χ0n) is 18.7. The van der Waals surface area contributed by atoms with Gasteiger partial charge in [-0.3, -0.25) is 9.36 Å². The van der Waals surface area contributed by atoms with Gasteiger partial charge in [0.2, 0.25) is 0 Å². The second-order valence-corrected chi connectivity index (χ2v) is 10.8. The molecule has 0 spiro atoms. The summed E-state index contributed by atoms with van der Waals surface area (Å²) < 4.78 is 14.4. The molecule has 35 heavy (non-hydrogen) atoms. The van der Waals surface area contributed by atoms with Crippen LogP contribution in [-0.2, 0) is 9.53 Å². The van der Waals surface area contributed by atoms with Crippen molar-refractivity contribution in [3.05, 3.63) is 91.7 Å². The summed E-state index contributed by atoms with van der Waals surface area (Å²) in [5.41, 5.74) is 2.40. The third-order valence-corrected chi connectivity index (χ3v) is 7.95. The lowest BCUT2D eigenvalue weighted by molar-refractivity contribution is -0.136. The number of carbonyl (C=O) groups is 1. The highest BCUT2D eigenvalue weighted by molar-refractivity contribution is 14.1. The molecule has 10 heteroatoms. The Kier molecular flexibility index (Phi) is 8.08. The van der Waals surface area contributed by atoms with E-state index < -0.39 is 12.0 Å². The Morgan fingerprint density at radius 1 is 1.26 bits per heavy atom. The van der Waals surface area contributed by atoms with Crippen LogP contribution in [0.25, 0.3) is 6.08 Å². The van der Waals surface area contributed by atoms with Crippen molar-refractivity contribution >= 4 is 68.6 Å². The number of aromatic nitrogens is 1. The molecule has 0 bridgehead atoms. The van der Waals surface area contributed by atoms with Crippen LogP contribution < -0.4 is 19.6 Å². The van der Waals surface area contributed by atoms with Crippen molar-refractivity contribution in [1.82, 2.24) is 4.57 Å². The number of halogens is 2. The van der Waals surface area contributed by atoms with Crippen LogP contribution in [0, 0.1) is 18.5 Å². The van der Waals surface area contributed by atoms with Gasteiger partial charge in [0.1, 0.15) is 11.8 Å². The predicted molar refractivity (Wildman–Crippen MR) is 150 cm³/mol. The predicted octanol–water partition coefficient (Wildman–Crippen LogP) is 3.91. The minimum absolute atomic E-state index is 0.0360. The molecule has 0 unspecified atom stereocenters. The van der Waals surface area contributed by atoms with Crippen LogP contribution in [0.3, 0.4) is 0 Å². The lowest BCUT2D eigenvalue weighted by Crippen LogP contribution is -2.40. The van der Waals surface area contributed by atoms with E-state index in [-0.39, 0.29) is 12.2 Å². The smallest absolute Gasteiger partial charge is 0.338 e. The van der Waals surface area contributed by atoms with Crippen molar-refractivity contribution in [2.24, 2.45) is 4.99 Å². The van der Waals surface area contributed by atoms with Crippen molar-refractivity contribution in [3.8, 4) is 11.8 Å². The number of hydrogen-bond acceptors (Lipinski definition) is 7. The van der Waals surface area contributed by atoms with Crippen LogP contribution in [0.5, 0.6) is 5.75 Å². The van der Waals surface area contributed by atoms with E-state index in [1.54, 1.807) is 4.57 Å². The van der Waals surface area contributed by atoms with Crippen LogP contribution in [0.2, 0.25) is 0 Å². The van der Waals surface area contributed by atoms with Gasteiger partial charge >= 0.3 is 5.97 Å². The Balaban J connectivity index is 1.92. The summed E-state index contributed by atoms with van der Waals surface area (Å²) in [7, 11) is 1.34. The minimum Gasteiger partial charge on any atom is -0.477 e. The van der Waals surface area contributed by atoms with E-state index in [0.717, 1.165) is 18.3 Å². The van der Waals surface area contributed by atoms with E-state index >= 15 is 0 Å². The molecule has 2 heterocycles. The van der Waals surface area contributed by atoms with Crippen molar-refractivity contribution in [2.45, 2.75) is 19.4 Å². The number of allylic oxidation sites excluding steroid dienone is 1. The molecule has 0 aliphatic carbocycles. The van der Waals surface area contributed by atoms with Crippen LogP contribution in [-0.4, -0.2) is 24.3 Å². The third kappa shape index (κ3) is 5.07. The highest BCUT2D eigenvalue weighted by atomic mass is 127. The van der Waals surface area contributed by atoms with E-state index in [0.29, 0.717) is 32.8 Å². The van der Waals surface area contributed by atoms with Gasteiger partial charge in [0.25, 0.3) is 5.56 Å². The van der Waals surface area contributed by atoms with Crippen molar-refractivity contribution < 1.29 is 14.3 Å². The maximum atomic E-state index is 13.7. The summed E-state index contributed by atoms with van der Waals surface area (Å²) in [5.74, 6) is 0.150. The fraction of sp³-hybridized carbons (Fsp3) is 0.200. The fourth-order valence-electron chi connectivity index (χ4n) is 3.87. The quantitative estimate of drug-likeness (QED) is 0.286. The largest absolute Gasteiger partial charge is 0.477 e. The number of nitrogens with zero attached hydrogens (tertiary/aromatic N) is 3. The fourth-order valence-corrected chi connectivity index (χ4v) is 7.02. The van der Waals surface area contributed by atoms with Crippen molar-refractivity contribution in [2.75, 3.05) is 13.7 Å². The molecular formula is C25H19I2N3O4S. The first-order chi connectivity index (χ1) is 16.9. The first kappa shape index (κ1) is 25.6. The zero-order chi connectivity index (χ0) is 25.1. The summed E-state index contributed by atoms with van der Waals surface area (Å²) in [5, 5.41) is 8.82. The maximum absolute atomic E-state index is 13.7. The number of methoxy groups -OCH3 is 1. The third-order valence-electron chi connectivity index (χ3n) is 5.36. The number of esters is 1. The van der Waals surface area contributed by atoms with Gasteiger partial charge in [-0.15, -0.1) is 0 Å². The Morgan fingerprint density at radius 3 is 2.54 bits per heavy atom. The molecule has 0 N–H and O–H groups in total. The molecule has 3 aromatic rings. The molecule has 0 saturated carbocycles. The summed E-state index contributed by atoms with van der Waals surface area (Å²) in [4.78, 5) is 31.7.